The van der Waals surface area contributed by atoms with Gasteiger partial charge in [-0.3, -0.25) is 0 Å². The van der Waals surface area contributed by atoms with Crippen LogP contribution in [0.1, 0.15) is 25.3 Å². The Balaban J connectivity index is 2.57. The predicted octanol–water partition coefficient (Wildman–Crippen LogP) is 4.49. The Morgan fingerprint density at radius 2 is 1.94 bits per heavy atom. The molecule has 0 amide bonds. The Bertz CT molecular complexity index is 391. The summed E-state index contributed by atoms with van der Waals surface area (Å²) in [6.07, 6.45) is -4.33. The number of hydrogen-bond acceptors (Lipinski definition) is 2. The van der Waals surface area contributed by atoms with E-state index in [9.17, 15) is 13.2 Å². The first-order valence-corrected chi connectivity index (χ1v) is 6.15. The third-order valence-electron chi connectivity index (χ3n) is 2.16. The largest absolute Gasteiger partial charge is 0.467 e. The van der Waals surface area contributed by atoms with Crippen molar-refractivity contribution in [3.8, 4) is 5.75 Å². The Morgan fingerprint density at radius 1 is 1.28 bits per heavy atom. The molecular weight excluding hydrogens is 313 g/mol. The van der Waals surface area contributed by atoms with E-state index in [0.717, 1.165) is 10.0 Å². The Hall–Kier alpha value is -0.750. The average molecular weight is 327 g/mol. The SMILES string of the molecule is CC(C)c1cc(Br)ccc1OCOCC(F)(F)F. The Kier molecular flexibility index (Phi) is 5.47. The van der Waals surface area contributed by atoms with Crippen LogP contribution in [0.3, 0.4) is 0 Å². The minimum atomic E-state index is -4.33. The van der Waals surface area contributed by atoms with Gasteiger partial charge in [0.25, 0.3) is 0 Å². The maximum atomic E-state index is 11.9. The predicted molar refractivity (Wildman–Crippen MR) is 65.7 cm³/mol. The van der Waals surface area contributed by atoms with Crippen molar-refractivity contribution in [1.29, 1.82) is 0 Å². The highest BCUT2D eigenvalue weighted by Gasteiger charge is 2.27. The van der Waals surface area contributed by atoms with Crippen molar-refractivity contribution in [1.82, 2.24) is 0 Å². The van der Waals surface area contributed by atoms with Gasteiger partial charge in [0.2, 0.25) is 0 Å². The highest BCUT2D eigenvalue weighted by Crippen LogP contribution is 2.29. The molecule has 6 heteroatoms. The first-order chi connectivity index (χ1) is 8.29. The molecule has 0 N–H and O–H groups in total. The summed E-state index contributed by atoms with van der Waals surface area (Å²) >= 11 is 3.34. The minimum Gasteiger partial charge on any atom is -0.467 e. The summed E-state index contributed by atoms with van der Waals surface area (Å²) in [4.78, 5) is 0. The van der Waals surface area contributed by atoms with Gasteiger partial charge in [-0.25, -0.2) is 0 Å². The van der Waals surface area contributed by atoms with Crippen molar-refractivity contribution >= 4 is 15.9 Å². The highest BCUT2D eigenvalue weighted by molar-refractivity contribution is 9.10. The van der Waals surface area contributed by atoms with Crippen LogP contribution in [0.25, 0.3) is 0 Å². The number of benzene rings is 1. The van der Waals surface area contributed by atoms with Gasteiger partial charge in [0, 0.05) is 4.47 Å². The fourth-order valence-corrected chi connectivity index (χ4v) is 1.74. The zero-order chi connectivity index (χ0) is 13.8. The van der Waals surface area contributed by atoms with Crippen LogP contribution in [-0.2, 0) is 4.74 Å². The second-order valence-corrected chi connectivity index (χ2v) is 4.98. The maximum absolute atomic E-state index is 11.9. The van der Waals surface area contributed by atoms with Crippen molar-refractivity contribution in [3.05, 3.63) is 28.2 Å². The van der Waals surface area contributed by atoms with E-state index in [0.29, 0.717) is 5.75 Å². The lowest BCUT2D eigenvalue weighted by atomic mass is 10.0. The van der Waals surface area contributed by atoms with Gasteiger partial charge in [0.05, 0.1) is 0 Å². The van der Waals surface area contributed by atoms with E-state index < -0.39 is 19.6 Å². The summed E-state index contributed by atoms with van der Waals surface area (Å²) in [5.41, 5.74) is 0.917. The lowest BCUT2D eigenvalue weighted by molar-refractivity contribution is -0.186. The number of ether oxygens (including phenoxy) is 2. The van der Waals surface area contributed by atoms with Crippen LogP contribution < -0.4 is 4.74 Å². The van der Waals surface area contributed by atoms with Gasteiger partial charge in [-0.05, 0) is 29.7 Å². The molecule has 0 unspecified atom stereocenters. The van der Waals surface area contributed by atoms with Gasteiger partial charge < -0.3 is 9.47 Å². The van der Waals surface area contributed by atoms with Crippen LogP contribution in [0, 0.1) is 0 Å². The van der Waals surface area contributed by atoms with Gasteiger partial charge >= 0.3 is 6.18 Å². The fourth-order valence-electron chi connectivity index (χ4n) is 1.36. The third-order valence-corrected chi connectivity index (χ3v) is 2.65. The Morgan fingerprint density at radius 3 is 2.50 bits per heavy atom. The Labute approximate surface area is 112 Å². The smallest absolute Gasteiger partial charge is 0.411 e. The first-order valence-electron chi connectivity index (χ1n) is 5.36. The summed E-state index contributed by atoms with van der Waals surface area (Å²) < 4.78 is 46.1. The molecule has 0 heterocycles. The van der Waals surface area contributed by atoms with Crippen LogP contribution in [0.5, 0.6) is 5.75 Å². The molecule has 1 rings (SSSR count). The highest BCUT2D eigenvalue weighted by atomic mass is 79.9. The average Bonchev–Trinajstić information content (AvgIpc) is 2.24. The quantitative estimate of drug-likeness (QED) is 0.586. The molecule has 0 radical (unpaired) electrons. The second kappa shape index (κ2) is 6.43. The van der Waals surface area contributed by atoms with Crippen molar-refractivity contribution in [3.63, 3.8) is 0 Å². The summed E-state index contributed by atoms with van der Waals surface area (Å²) in [6, 6.07) is 5.35. The molecule has 0 spiro atoms. The number of rotatable bonds is 5. The van der Waals surface area contributed by atoms with Gasteiger partial charge in [-0.15, -0.1) is 0 Å². The van der Waals surface area contributed by atoms with Crippen LogP contribution in [0.15, 0.2) is 22.7 Å². The number of hydrogen-bond donors (Lipinski definition) is 0. The van der Waals surface area contributed by atoms with E-state index in [2.05, 4.69) is 20.7 Å². The molecular formula is C12H14BrF3O2. The fraction of sp³-hybridized carbons (Fsp3) is 0.500. The number of halogens is 4. The topological polar surface area (TPSA) is 18.5 Å². The summed E-state index contributed by atoms with van der Waals surface area (Å²) in [6.45, 7) is 2.23. The summed E-state index contributed by atoms with van der Waals surface area (Å²) in [5, 5.41) is 0. The summed E-state index contributed by atoms with van der Waals surface area (Å²) in [7, 11) is 0. The molecule has 0 fully saturated rings. The molecule has 1 aromatic carbocycles. The van der Waals surface area contributed by atoms with Crippen molar-refractivity contribution in [2.45, 2.75) is 25.9 Å². The molecule has 0 saturated carbocycles. The monoisotopic (exact) mass is 326 g/mol. The molecule has 2 nitrogen and oxygen atoms in total. The van der Waals surface area contributed by atoms with E-state index in [-0.39, 0.29) is 5.92 Å². The van der Waals surface area contributed by atoms with Crippen molar-refractivity contribution in [2.75, 3.05) is 13.4 Å². The van der Waals surface area contributed by atoms with E-state index >= 15 is 0 Å². The zero-order valence-corrected chi connectivity index (χ0v) is 11.6. The summed E-state index contributed by atoms with van der Waals surface area (Å²) in [5.74, 6) is 0.746. The van der Waals surface area contributed by atoms with E-state index in [1.165, 1.54) is 0 Å². The van der Waals surface area contributed by atoms with Crippen LogP contribution >= 0.6 is 15.9 Å². The molecule has 18 heavy (non-hydrogen) atoms. The van der Waals surface area contributed by atoms with Gasteiger partial charge in [-0.2, -0.15) is 13.2 Å². The molecule has 102 valence electrons. The van der Waals surface area contributed by atoms with Crippen molar-refractivity contribution < 1.29 is 22.6 Å². The van der Waals surface area contributed by atoms with Gasteiger partial charge in [-0.1, -0.05) is 29.8 Å². The van der Waals surface area contributed by atoms with Crippen LogP contribution in [0.2, 0.25) is 0 Å². The minimum absolute atomic E-state index is 0.208. The third kappa shape index (κ3) is 5.27. The van der Waals surface area contributed by atoms with E-state index in [1.807, 2.05) is 19.9 Å². The van der Waals surface area contributed by atoms with Gasteiger partial charge in [0.1, 0.15) is 12.4 Å². The second-order valence-electron chi connectivity index (χ2n) is 4.06. The standard InChI is InChI=1S/C12H14BrF3O2/c1-8(2)10-5-9(13)3-4-11(10)18-7-17-6-12(14,15)16/h3-5,8H,6-7H2,1-2H3. The lowest BCUT2D eigenvalue weighted by Crippen LogP contribution is -2.19. The zero-order valence-electron chi connectivity index (χ0n) is 10.1. The lowest BCUT2D eigenvalue weighted by Gasteiger charge is -2.15. The normalized spacial score (nSPS) is 11.9. The van der Waals surface area contributed by atoms with E-state index in [4.69, 9.17) is 4.74 Å². The molecule has 0 aliphatic carbocycles. The molecule has 0 aliphatic heterocycles. The molecule has 0 atom stereocenters. The first kappa shape index (κ1) is 15.3. The molecule has 0 aliphatic rings. The van der Waals surface area contributed by atoms with Crippen molar-refractivity contribution in [2.24, 2.45) is 0 Å². The molecule has 1 aromatic rings. The molecule has 0 saturated heterocycles. The maximum Gasteiger partial charge on any atom is 0.411 e. The molecule has 0 bridgehead atoms. The van der Waals surface area contributed by atoms with E-state index in [1.54, 1.807) is 12.1 Å². The molecule has 0 aromatic heterocycles. The van der Waals surface area contributed by atoms with Crippen LogP contribution in [-0.4, -0.2) is 19.6 Å². The van der Waals surface area contributed by atoms with Crippen LogP contribution in [0.4, 0.5) is 13.2 Å². The van der Waals surface area contributed by atoms with Gasteiger partial charge in [0.15, 0.2) is 6.79 Å². The number of alkyl halides is 3.